The molecule has 11 nitrogen and oxygen atoms in total. The van der Waals surface area contributed by atoms with E-state index < -0.39 is 10.2 Å². The molecule has 0 aliphatic rings. The molecule has 82 valence electrons. The van der Waals surface area contributed by atoms with Crippen LogP contribution >= 0.6 is 0 Å². The van der Waals surface area contributed by atoms with E-state index in [-0.39, 0.29) is 12.8 Å². The van der Waals surface area contributed by atoms with Crippen molar-refractivity contribution in [2.45, 2.75) is 0 Å². The van der Waals surface area contributed by atoms with Gasteiger partial charge in [0.25, 0.3) is 10.2 Å². The molecule has 0 saturated heterocycles. The number of aliphatic hydroxyl groups is 1. The van der Waals surface area contributed by atoms with Gasteiger partial charge in [0, 0.05) is 6.54 Å². The van der Waals surface area contributed by atoms with E-state index in [4.69, 9.17) is 41.5 Å². The number of nitrogens with two attached hydrogens (primary N) is 1. The Hall–Kier alpha value is -1.72. The van der Waals surface area contributed by atoms with Gasteiger partial charge in [0.05, 0.1) is 6.61 Å². The molecule has 0 saturated carbocycles. The second-order valence-corrected chi connectivity index (χ2v) is 0.988. The fourth-order valence-electron chi connectivity index (χ4n) is 0. The van der Waals surface area contributed by atoms with Crippen LogP contribution in [0.5, 0.6) is 0 Å². The van der Waals surface area contributed by atoms with Crippen molar-refractivity contribution in [2.75, 3.05) is 13.2 Å². The van der Waals surface area contributed by atoms with Crippen LogP contribution in [0.1, 0.15) is 0 Å². The van der Waals surface area contributed by atoms with Crippen molar-refractivity contribution in [1.29, 1.82) is 0 Å². The molecule has 11 heteroatoms. The molecule has 0 bridgehead atoms. The van der Waals surface area contributed by atoms with Crippen molar-refractivity contribution in [3.05, 3.63) is 20.2 Å². The van der Waals surface area contributed by atoms with Crippen LogP contribution in [0.3, 0.4) is 0 Å². The van der Waals surface area contributed by atoms with Gasteiger partial charge in [0.15, 0.2) is 0 Å². The third kappa shape index (κ3) is 1360. The largest absolute Gasteiger partial charge is 0.395 e. The number of hydrogen-bond donors (Lipinski definition) is 5. The lowest BCUT2D eigenvalue weighted by Gasteiger charge is -1.71. The molecule has 0 aliphatic carbocycles. The Bertz CT molecular complexity index is 95.1. The highest BCUT2D eigenvalue weighted by molar-refractivity contribution is 4.17. The Balaban J connectivity index is -0.0000000450. The smallest absolute Gasteiger partial charge is 0.291 e. The summed E-state index contributed by atoms with van der Waals surface area (Å²) in [6.07, 6.45) is 0. The van der Waals surface area contributed by atoms with Gasteiger partial charge in [-0.3, -0.25) is 0 Å². The summed E-state index contributed by atoms with van der Waals surface area (Å²) >= 11 is 0. The van der Waals surface area contributed by atoms with E-state index in [1.165, 1.54) is 0 Å². The van der Waals surface area contributed by atoms with E-state index >= 15 is 0 Å². The Morgan fingerprint density at radius 3 is 1.23 bits per heavy atom. The van der Waals surface area contributed by atoms with Crippen molar-refractivity contribution in [2.24, 2.45) is 5.73 Å². The first-order valence-electron chi connectivity index (χ1n) is 2.35. The average molecular weight is 204 g/mol. The van der Waals surface area contributed by atoms with Crippen LogP contribution in [-0.2, 0) is 0 Å². The van der Waals surface area contributed by atoms with Gasteiger partial charge in [-0.25, -0.2) is 0 Å². The van der Waals surface area contributed by atoms with Gasteiger partial charge >= 0.3 is 0 Å². The lowest BCUT2D eigenvalue weighted by Crippen LogP contribution is -2.02. The van der Waals surface area contributed by atoms with Crippen molar-refractivity contribution in [3.8, 4) is 0 Å². The lowest BCUT2D eigenvalue weighted by molar-refractivity contribution is -0.742. The number of hydrogen-bond acceptors (Lipinski definition) is 7. The van der Waals surface area contributed by atoms with Crippen molar-refractivity contribution in [1.82, 2.24) is 6.15 Å². The van der Waals surface area contributed by atoms with Crippen LogP contribution in [0.4, 0.5) is 0 Å². The van der Waals surface area contributed by atoms with Crippen LogP contribution in [0, 0.1) is 20.2 Å². The molecular formula is C2H12N4O7. The highest BCUT2D eigenvalue weighted by Gasteiger charge is 1.65. The molecule has 0 aromatic heterocycles. The van der Waals surface area contributed by atoms with E-state index in [0.717, 1.165) is 0 Å². The van der Waals surface area contributed by atoms with Crippen molar-refractivity contribution < 1.29 is 25.7 Å². The van der Waals surface area contributed by atoms with Gasteiger partial charge in [0.1, 0.15) is 0 Å². The fraction of sp³-hybridized carbons (Fsp3) is 1.00. The molecule has 0 aliphatic heterocycles. The highest BCUT2D eigenvalue weighted by atomic mass is 16.9. The summed E-state index contributed by atoms with van der Waals surface area (Å²) in [6, 6.07) is 0. The van der Waals surface area contributed by atoms with Gasteiger partial charge in [-0.2, -0.15) is 0 Å². The topological polar surface area (TPSA) is 208 Å². The van der Waals surface area contributed by atoms with Gasteiger partial charge in [-0.1, -0.05) is 0 Å². The monoisotopic (exact) mass is 204 g/mol. The molecule has 0 aromatic carbocycles. The Labute approximate surface area is 72.2 Å². The highest BCUT2D eigenvalue weighted by Crippen LogP contribution is 1.38. The standard InChI is InChI=1S/C2H7NO.2HNO3.H3N/c3-1-2-4;2*2-1(3)4;/h4H,1-3H2;2*(H,2,3,4);1H3. The molecule has 0 atom stereocenters. The van der Waals surface area contributed by atoms with Gasteiger partial charge in [0.2, 0.25) is 0 Å². The van der Waals surface area contributed by atoms with Crippen molar-refractivity contribution in [3.63, 3.8) is 0 Å². The minimum atomic E-state index is -1.50. The second kappa shape index (κ2) is 22.4. The molecule has 0 aromatic rings. The number of nitrogens with zero attached hydrogens (tertiary/aromatic N) is 2. The molecule has 0 radical (unpaired) electrons. The molecule has 0 spiro atoms. The first-order valence-corrected chi connectivity index (χ1v) is 2.35. The molecule has 13 heavy (non-hydrogen) atoms. The number of aliphatic hydroxyl groups excluding tert-OH is 1. The average Bonchev–Trinajstić information content (AvgIpc) is 1.85. The third-order valence-corrected chi connectivity index (χ3v) is 0.129. The van der Waals surface area contributed by atoms with Crippen LogP contribution in [0.15, 0.2) is 0 Å². The van der Waals surface area contributed by atoms with E-state index in [2.05, 4.69) is 0 Å². The van der Waals surface area contributed by atoms with Crippen LogP contribution in [-0.4, -0.2) is 38.8 Å². The molecule has 8 N–H and O–H groups in total. The molecule has 0 fully saturated rings. The summed E-state index contributed by atoms with van der Waals surface area (Å²) in [6.45, 7) is 0.472. The Morgan fingerprint density at radius 1 is 1.15 bits per heavy atom. The molecule has 0 amide bonds. The summed E-state index contributed by atoms with van der Waals surface area (Å²) < 4.78 is 0. The molecular weight excluding hydrogens is 192 g/mol. The molecule has 0 heterocycles. The van der Waals surface area contributed by atoms with Gasteiger partial charge in [-0.05, 0) is 0 Å². The Kier molecular flexibility index (Phi) is 38.8. The SMILES string of the molecule is N.NCCO.O=[N+]([O-])O.O=[N+]([O-])O. The molecule has 0 rings (SSSR count). The maximum Gasteiger partial charge on any atom is 0.291 e. The van der Waals surface area contributed by atoms with E-state index in [1.807, 2.05) is 0 Å². The zero-order chi connectivity index (χ0) is 10.6. The van der Waals surface area contributed by atoms with Gasteiger partial charge in [-0.15, -0.1) is 20.2 Å². The second-order valence-electron chi connectivity index (χ2n) is 0.988. The summed E-state index contributed by atoms with van der Waals surface area (Å²) in [5.74, 6) is 0. The normalized spacial score (nSPS) is 6.00. The van der Waals surface area contributed by atoms with Gasteiger partial charge < -0.3 is 27.4 Å². The maximum absolute atomic E-state index is 8.36. The van der Waals surface area contributed by atoms with Crippen LogP contribution in [0.25, 0.3) is 0 Å². The summed E-state index contributed by atoms with van der Waals surface area (Å²) in [7, 11) is 0. The van der Waals surface area contributed by atoms with E-state index in [1.54, 1.807) is 0 Å². The van der Waals surface area contributed by atoms with E-state index in [9.17, 15) is 0 Å². The summed E-state index contributed by atoms with van der Waals surface area (Å²) in [5, 5.41) is 35.0. The molecule has 0 unspecified atom stereocenters. The minimum Gasteiger partial charge on any atom is -0.395 e. The minimum absolute atomic E-state index is 0. The zero-order valence-corrected chi connectivity index (χ0v) is 6.57. The van der Waals surface area contributed by atoms with Crippen LogP contribution < -0.4 is 11.9 Å². The fourth-order valence-corrected chi connectivity index (χ4v) is 0. The lowest BCUT2D eigenvalue weighted by atomic mass is 10.8. The first kappa shape index (κ1) is 22.5. The third-order valence-electron chi connectivity index (χ3n) is 0.129. The van der Waals surface area contributed by atoms with Crippen molar-refractivity contribution >= 4 is 0 Å². The van der Waals surface area contributed by atoms with Crippen LogP contribution in [0.2, 0.25) is 0 Å². The summed E-state index contributed by atoms with van der Waals surface area (Å²) in [4.78, 5) is 16.7. The Morgan fingerprint density at radius 2 is 1.23 bits per heavy atom. The summed E-state index contributed by atoms with van der Waals surface area (Å²) in [5.41, 5.74) is 4.78. The first-order chi connectivity index (χ1) is 5.38. The predicted molar refractivity (Wildman–Crippen MR) is 38.7 cm³/mol. The predicted octanol–water partition coefficient (Wildman–Crippen LogP) is -1.60. The number of rotatable bonds is 1. The van der Waals surface area contributed by atoms with E-state index in [0.29, 0.717) is 6.54 Å². The maximum atomic E-state index is 8.36. The quantitative estimate of drug-likeness (QED) is 0.245. The zero-order valence-electron chi connectivity index (χ0n) is 6.57.